The van der Waals surface area contributed by atoms with Gasteiger partial charge in [-0.3, -0.25) is 4.79 Å². The van der Waals surface area contributed by atoms with E-state index in [2.05, 4.69) is 6.07 Å². The summed E-state index contributed by atoms with van der Waals surface area (Å²) in [7, 11) is -3.37. The molecule has 18 heavy (non-hydrogen) atoms. The molecular weight excluding hydrogens is 329 g/mol. The van der Waals surface area contributed by atoms with Crippen molar-refractivity contribution in [2.45, 2.75) is 18.7 Å². The van der Waals surface area contributed by atoms with Crippen LogP contribution in [-0.2, 0) is 47.3 Å². The maximum Gasteiger partial charge on any atom is 0.281 e. The van der Waals surface area contributed by atoms with E-state index in [4.69, 9.17) is 4.74 Å². The zero-order chi connectivity index (χ0) is 12.6. The molecule has 0 saturated heterocycles. The Balaban J connectivity index is 0.00000162. The number of rotatable bonds is 2. The fraction of sp³-hybridized carbons (Fsp3) is 0.250. The molecule has 0 bridgehead atoms. The number of benzene rings is 1. The fourth-order valence-corrected chi connectivity index (χ4v) is 2.92. The zero-order valence-electron chi connectivity index (χ0n) is 10.1. The predicted molar refractivity (Wildman–Crippen MR) is 62.2 cm³/mol. The minimum Gasteiger partial charge on any atom is -0.472 e. The van der Waals surface area contributed by atoms with E-state index >= 15 is 0 Å². The van der Waals surface area contributed by atoms with Crippen LogP contribution in [0.4, 0.5) is 0 Å². The fourth-order valence-electron chi connectivity index (χ4n) is 1.72. The molecule has 0 fully saturated rings. The Bertz CT molecular complexity index is 617. The van der Waals surface area contributed by atoms with Gasteiger partial charge in [-0.15, -0.1) is 11.1 Å². The van der Waals surface area contributed by atoms with Gasteiger partial charge in [0.05, 0.1) is 6.61 Å². The molecule has 2 rings (SSSR count). The van der Waals surface area contributed by atoms with Crippen LogP contribution in [0.2, 0.25) is 0 Å². The molecule has 0 aromatic heterocycles. The first-order valence-electron chi connectivity index (χ1n) is 5.13. The largest absolute Gasteiger partial charge is 0.472 e. The van der Waals surface area contributed by atoms with Gasteiger partial charge in [0.1, 0.15) is 0 Å². The van der Waals surface area contributed by atoms with Crippen LogP contribution in [0.15, 0.2) is 16.4 Å². The van der Waals surface area contributed by atoms with Gasteiger partial charge in [-0.05, 0) is 17.4 Å². The molecule has 4 nitrogen and oxygen atoms in total. The number of carbonyl (C=O) groups excluding carboxylic acids is 1. The van der Waals surface area contributed by atoms with E-state index in [9.17, 15) is 13.2 Å². The predicted octanol–water partition coefficient (Wildman–Crippen LogP) is 1.73. The third kappa shape index (κ3) is 2.58. The molecule has 6 heteroatoms. The quantitative estimate of drug-likeness (QED) is 0.608. The molecule has 1 aromatic rings. The summed E-state index contributed by atoms with van der Waals surface area (Å²) in [5.41, 5.74) is 1.48. The van der Waals surface area contributed by atoms with Crippen LogP contribution in [0.1, 0.15) is 28.4 Å². The van der Waals surface area contributed by atoms with Crippen LogP contribution in [-0.4, -0.2) is 21.0 Å². The first kappa shape index (κ1) is 15.5. The molecule has 1 radical (unpaired) electrons. The van der Waals surface area contributed by atoms with Crippen LogP contribution in [0, 0.1) is 13.0 Å². The second-order valence-corrected chi connectivity index (χ2v) is 5.41. The number of ether oxygens (including phenoxy) is 1. The van der Waals surface area contributed by atoms with Crippen LogP contribution >= 0.6 is 0 Å². The van der Waals surface area contributed by atoms with E-state index in [1.165, 1.54) is 12.1 Å². The molecule has 1 aliphatic rings. The van der Waals surface area contributed by atoms with Crippen LogP contribution in [0.25, 0.3) is 6.08 Å². The van der Waals surface area contributed by atoms with E-state index in [0.717, 1.165) is 5.41 Å². The van der Waals surface area contributed by atoms with Crippen molar-refractivity contribution in [2.75, 3.05) is 6.61 Å². The summed E-state index contributed by atoms with van der Waals surface area (Å²) in [6.07, 6.45) is 1.49. The minimum absolute atomic E-state index is 0. The molecule has 1 heterocycles. The molecular formula is C12H11O4SY-. The smallest absolute Gasteiger partial charge is 0.281 e. The molecule has 0 spiro atoms. The first-order valence-corrected chi connectivity index (χ1v) is 6.67. The number of sulfone groups is 1. The Morgan fingerprint density at radius 2 is 2.11 bits per heavy atom. The van der Waals surface area contributed by atoms with E-state index < -0.39 is 15.8 Å². The maximum absolute atomic E-state index is 11.6. The van der Waals surface area contributed by atoms with E-state index in [1.54, 1.807) is 13.8 Å². The van der Waals surface area contributed by atoms with Crippen LogP contribution in [0.5, 0.6) is 0 Å². The number of carbonyl (C=O) groups is 1. The van der Waals surface area contributed by atoms with Crippen LogP contribution < -0.4 is 0 Å². The molecule has 0 saturated carbocycles. The third-order valence-electron chi connectivity index (χ3n) is 2.59. The Hall–Kier alpha value is -0.516. The van der Waals surface area contributed by atoms with Gasteiger partial charge >= 0.3 is 0 Å². The summed E-state index contributed by atoms with van der Waals surface area (Å²) < 4.78 is 28.0. The summed E-state index contributed by atoms with van der Waals surface area (Å²) >= 11 is 0. The monoisotopic (exact) mass is 340 g/mol. The van der Waals surface area contributed by atoms with E-state index in [0.29, 0.717) is 16.7 Å². The van der Waals surface area contributed by atoms with E-state index in [1.807, 2.05) is 0 Å². The summed E-state index contributed by atoms with van der Waals surface area (Å²) in [4.78, 5) is 11.7. The summed E-state index contributed by atoms with van der Waals surface area (Å²) in [6.45, 7) is 3.70. The second-order valence-electron chi connectivity index (χ2n) is 3.64. The number of hydrogen-bond acceptors (Lipinski definition) is 4. The van der Waals surface area contributed by atoms with Crippen molar-refractivity contribution in [1.82, 2.24) is 0 Å². The summed E-state index contributed by atoms with van der Waals surface area (Å²) in [5, 5.41) is 1.12. The van der Waals surface area contributed by atoms with Gasteiger partial charge in [-0.1, -0.05) is 13.0 Å². The Labute approximate surface area is 131 Å². The van der Waals surface area contributed by atoms with Crippen molar-refractivity contribution in [1.29, 1.82) is 0 Å². The minimum atomic E-state index is -3.37. The van der Waals surface area contributed by atoms with Crippen LogP contribution in [0.3, 0.4) is 0 Å². The normalized spacial score (nSPS) is 14.8. The van der Waals surface area contributed by atoms with Crippen molar-refractivity contribution in [3.8, 4) is 0 Å². The SMILES string of the molecule is CCOC(=O)c1c[c-]c2c(c1C)C=CS2(=O)=O.[Y]. The molecule has 93 valence electrons. The molecule has 1 aromatic carbocycles. The number of esters is 1. The number of fused-ring (bicyclic) bond motifs is 1. The molecule has 0 N–H and O–H groups in total. The van der Waals surface area contributed by atoms with E-state index in [-0.39, 0.29) is 44.2 Å². The topological polar surface area (TPSA) is 60.4 Å². The molecule has 0 amide bonds. The second kappa shape index (κ2) is 5.63. The Morgan fingerprint density at radius 1 is 1.44 bits per heavy atom. The zero-order valence-corrected chi connectivity index (χ0v) is 13.7. The van der Waals surface area contributed by atoms with Gasteiger partial charge in [0.2, 0.25) is 0 Å². The van der Waals surface area contributed by atoms with Gasteiger partial charge in [0, 0.05) is 38.1 Å². The van der Waals surface area contributed by atoms with Crippen molar-refractivity contribution >= 4 is 21.9 Å². The summed E-state index contributed by atoms with van der Waals surface area (Å²) in [5.74, 6) is -0.457. The molecule has 0 unspecified atom stereocenters. The third-order valence-corrected chi connectivity index (χ3v) is 4.00. The summed E-state index contributed by atoms with van der Waals surface area (Å²) in [6, 6.07) is 4.01. The van der Waals surface area contributed by atoms with Gasteiger partial charge in [0.25, 0.3) is 5.97 Å². The van der Waals surface area contributed by atoms with Crippen molar-refractivity contribution in [2.24, 2.45) is 0 Å². The van der Waals surface area contributed by atoms with Gasteiger partial charge in [-0.2, -0.15) is 12.1 Å². The average Bonchev–Trinajstić information content (AvgIpc) is 2.56. The molecule has 0 atom stereocenters. The number of hydrogen-bond donors (Lipinski definition) is 0. The molecule has 1 aliphatic heterocycles. The van der Waals surface area contributed by atoms with Crippen molar-refractivity contribution in [3.63, 3.8) is 0 Å². The Kier molecular flexibility index (Phi) is 4.86. The van der Waals surface area contributed by atoms with Crippen molar-refractivity contribution < 1.29 is 50.7 Å². The molecule has 0 aliphatic carbocycles. The van der Waals surface area contributed by atoms with Gasteiger partial charge < -0.3 is 4.74 Å². The maximum atomic E-state index is 11.6. The first-order chi connectivity index (χ1) is 7.97. The standard InChI is InChI=1S/C12H11O4S.Y/c1-3-16-12(13)10-4-5-11-9(8(10)2)6-7-17(11,14)15;/h4,6-7H,3H2,1-2H3;/q-1;. The van der Waals surface area contributed by atoms with Gasteiger partial charge in [-0.25, -0.2) is 8.42 Å². The van der Waals surface area contributed by atoms with Crippen molar-refractivity contribution in [3.05, 3.63) is 34.2 Å². The van der Waals surface area contributed by atoms with Gasteiger partial charge in [0.15, 0.2) is 9.84 Å². The average molecular weight is 340 g/mol. The Morgan fingerprint density at radius 3 is 2.72 bits per heavy atom.